The number of esters is 1. The van der Waals surface area contributed by atoms with E-state index in [4.69, 9.17) is 9.47 Å². The molecule has 0 aromatic heterocycles. The molecule has 0 fully saturated rings. The van der Waals surface area contributed by atoms with E-state index in [0.29, 0.717) is 5.56 Å². The summed E-state index contributed by atoms with van der Waals surface area (Å²) in [5, 5.41) is 2.69. The molecule has 2 aromatic carbocycles. The Hall–Kier alpha value is -2.89. The van der Waals surface area contributed by atoms with Crippen molar-refractivity contribution in [2.45, 2.75) is 32.9 Å². The molecule has 138 valence electrons. The summed E-state index contributed by atoms with van der Waals surface area (Å²) in [5.74, 6) is -1.14. The summed E-state index contributed by atoms with van der Waals surface area (Å²) in [7, 11) is 1.41. The molecule has 1 amide bonds. The van der Waals surface area contributed by atoms with Gasteiger partial charge in [0.05, 0.1) is 18.2 Å². The van der Waals surface area contributed by atoms with Crippen LogP contribution in [0.1, 0.15) is 47.1 Å². The largest absolute Gasteiger partial charge is 0.496 e. The highest BCUT2D eigenvalue weighted by Gasteiger charge is 2.18. The molecule has 6 heteroatoms. The fourth-order valence-electron chi connectivity index (χ4n) is 2.28. The van der Waals surface area contributed by atoms with Gasteiger partial charge in [-0.3, -0.25) is 4.79 Å². The van der Waals surface area contributed by atoms with Gasteiger partial charge < -0.3 is 14.8 Å². The average Bonchev–Trinajstić information content (AvgIpc) is 2.58. The molecule has 0 aliphatic carbocycles. The van der Waals surface area contributed by atoms with Crippen molar-refractivity contribution < 1.29 is 23.5 Å². The van der Waals surface area contributed by atoms with Crippen LogP contribution in [0.25, 0.3) is 0 Å². The third-order valence-electron chi connectivity index (χ3n) is 3.42. The van der Waals surface area contributed by atoms with Gasteiger partial charge in [-0.05, 0) is 56.7 Å². The van der Waals surface area contributed by atoms with E-state index in [9.17, 15) is 14.0 Å². The molecule has 2 rings (SSSR count). The lowest BCUT2D eigenvalue weighted by atomic mass is 10.1. The quantitative estimate of drug-likeness (QED) is 0.827. The highest BCUT2D eigenvalue weighted by atomic mass is 19.1. The standard InChI is InChI=1S/C20H22FNO4/c1-20(2,3)26-19(24)14-7-5-6-13(10-14)12-22-18(23)16-11-15(21)8-9-17(16)25-4/h5-11H,12H2,1-4H3,(H,22,23). The third kappa shape index (κ3) is 5.31. The van der Waals surface area contributed by atoms with E-state index in [-0.39, 0.29) is 17.9 Å². The smallest absolute Gasteiger partial charge is 0.338 e. The molecule has 26 heavy (non-hydrogen) atoms. The van der Waals surface area contributed by atoms with Gasteiger partial charge in [-0.15, -0.1) is 0 Å². The second-order valence-electron chi connectivity index (χ2n) is 6.73. The SMILES string of the molecule is COc1ccc(F)cc1C(=O)NCc1cccc(C(=O)OC(C)(C)C)c1. The van der Waals surface area contributed by atoms with Gasteiger partial charge in [0.2, 0.25) is 0 Å². The van der Waals surface area contributed by atoms with Crippen molar-refractivity contribution in [1.29, 1.82) is 0 Å². The van der Waals surface area contributed by atoms with Crippen LogP contribution in [0.2, 0.25) is 0 Å². The van der Waals surface area contributed by atoms with E-state index in [1.165, 1.54) is 19.2 Å². The molecule has 0 atom stereocenters. The zero-order chi connectivity index (χ0) is 19.3. The summed E-state index contributed by atoms with van der Waals surface area (Å²) in [6.07, 6.45) is 0. The lowest BCUT2D eigenvalue weighted by Gasteiger charge is -2.19. The van der Waals surface area contributed by atoms with Crippen LogP contribution in [0, 0.1) is 5.82 Å². The minimum absolute atomic E-state index is 0.107. The van der Waals surface area contributed by atoms with Crippen LogP contribution >= 0.6 is 0 Å². The number of amides is 1. The van der Waals surface area contributed by atoms with E-state index < -0.39 is 23.3 Å². The maximum Gasteiger partial charge on any atom is 0.338 e. The van der Waals surface area contributed by atoms with Gasteiger partial charge in [-0.2, -0.15) is 0 Å². The summed E-state index contributed by atoms with van der Waals surface area (Å²) in [5.41, 5.74) is 0.637. The summed E-state index contributed by atoms with van der Waals surface area (Å²) < 4.78 is 23.8. The van der Waals surface area contributed by atoms with E-state index in [2.05, 4.69) is 5.32 Å². The lowest BCUT2D eigenvalue weighted by Crippen LogP contribution is -2.25. The molecular formula is C20H22FNO4. The van der Waals surface area contributed by atoms with E-state index in [0.717, 1.165) is 11.6 Å². The topological polar surface area (TPSA) is 64.6 Å². The molecule has 1 N–H and O–H groups in total. The van der Waals surface area contributed by atoms with Crippen LogP contribution in [-0.4, -0.2) is 24.6 Å². The summed E-state index contributed by atoms with van der Waals surface area (Å²) in [6.45, 7) is 5.55. The minimum atomic E-state index is -0.588. The van der Waals surface area contributed by atoms with Crippen molar-refractivity contribution in [3.8, 4) is 5.75 Å². The van der Waals surface area contributed by atoms with Gasteiger partial charge in [0.1, 0.15) is 17.2 Å². The average molecular weight is 359 g/mol. The number of nitrogens with one attached hydrogen (secondary N) is 1. The van der Waals surface area contributed by atoms with Gasteiger partial charge in [0, 0.05) is 6.54 Å². The molecule has 5 nitrogen and oxygen atoms in total. The van der Waals surface area contributed by atoms with Crippen molar-refractivity contribution in [3.63, 3.8) is 0 Å². The summed E-state index contributed by atoms with van der Waals surface area (Å²) >= 11 is 0. The van der Waals surface area contributed by atoms with E-state index >= 15 is 0 Å². The second kappa shape index (κ2) is 7.99. The van der Waals surface area contributed by atoms with E-state index in [1.54, 1.807) is 45.0 Å². The second-order valence-corrected chi connectivity index (χ2v) is 6.73. The first-order chi connectivity index (χ1) is 12.2. The highest BCUT2D eigenvalue weighted by molar-refractivity contribution is 5.97. The zero-order valence-electron chi connectivity index (χ0n) is 15.3. The first-order valence-electron chi connectivity index (χ1n) is 8.13. The Bertz CT molecular complexity index is 812. The number of rotatable bonds is 5. The molecule has 0 spiro atoms. The van der Waals surface area contributed by atoms with E-state index in [1.807, 2.05) is 0 Å². The van der Waals surface area contributed by atoms with Crippen LogP contribution in [0.5, 0.6) is 5.75 Å². The van der Waals surface area contributed by atoms with Crippen molar-refractivity contribution in [2.75, 3.05) is 7.11 Å². The normalized spacial score (nSPS) is 11.0. The molecular weight excluding hydrogens is 337 g/mol. The van der Waals surface area contributed by atoms with Crippen molar-refractivity contribution in [2.24, 2.45) is 0 Å². The Kier molecular flexibility index (Phi) is 5.97. The Morgan fingerprint density at radius 1 is 1.12 bits per heavy atom. The summed E-state index contributed by atoms with van der Waals surface area (Å²) in [4.78, 5) is 24.4. The first kappa shape index (κ1) is 19.4. The first-order valence-corrected chi connectivity index (χ1v) is 8.13. The Labute approximate surface area is 152 Å². The molecule has 0 bridgehead atoms. The number of ether oxygens (including phenoxy) is 2. The number of carbonyl (C=O) groups excluding carboxylic acids is 2. The predicted octanol–water partition coefficient (Wildman–Crippen LogP) is 3.72. The Morgan fingerprint density at radius 3 is 2.50 bits per heavy atom. The number of hydrogen-bond acceptors (Lipinski definition) is 4. The van der Waals surface area contributed by atoms with Gasteiger partial charge in [-0.25, -0.2) is 9.18 Å². The fraction of sp³-hybridized carbons (Fsp3) is 0.300. The Morgan fingerprint density at radius 2 is 1.85 bits per heavy atom. The number of benzene rings is 2. The van der Waals surface area contributed by atoms with Crippen molar-refractivity contribution >= 4 is 11.9 Å². The molecule has 2 aromatic rings. The number of hydrogen-bond donors (Lipinski definition) is 1. The maximum absolute atomic E-state index is 13.4. The van der Waals surface area contributed by atoms with Crippen molar-refractivity contribution in [3.05, 3.63) is 65.0 Å². The van der Waals surface area contributed by atoms with Gasteiger partial charge in [-0.1, -0.05) is 12.1 Å². The molecule has 0 aliphatic rings. The lowest BCUT2D eigenvalue weighted by molar-refractivity contribution is 0.00693. The minimum Gasteiger partial charge on any atom is -0.496 e. The molecule has 0 heterocycles. The van der Waals surface area contributed by atoms with Crippen LogP contribution < -0.4 is 10.1 Å². The fourth-order valence-corrected chi connectivity index (χ4v) is 2.28. The number of carbonyl (C=O) groups is 2. The molecule has 0 radical (unpaired) electrons. The monoisotopic (exact) mass is 359 g/mol. The maximum atomic E-state index is 13.4. The predicted molar refractivity (Wildman–Crippen MR) is 95.7 cm³/mol. The van der Waals surface area contributed by atoms with Crippen LogP contribution in [-0.2, 0) is 11.3 Å². The molecule has 0 saturated carbocycles. The zero-order valence-corrected chi connectivity index (χ0v) is 15.3. The van der Waals surface area contributed by atoms with Gasteiger partial charge in [0.25, 0.3) is 5.91 Å². The van der Waals surface area contributed by atoms with Crippen LogP contribution in [0.4, 0.5) is 4.39 Å². The van der Waals surface area contributed by atoms with Crippen LogP contribution in [0.15, 0.2) is 42.5 Å². The molecule has 0 saturated heterocycles. The highest BCUT2D eigenvalue weighted by Crippen LogP contribution is 2.19. The van der Waals surface area contributed by atoms with Gasteiger partial charge in [0.15, 0.2) is 0 Å². The van der Waals surface area contributed by atoms with Crippen LogP contribution in [0.3, 0.4) is 0 Å². The molecule has 0 aliphatic heterocycles. The summed E-state index contributed by atoms with van der Waals surface area (Å²) in [6, 6.07) is 10.5. The molecule has 0 unspecified atom stereocenters. The third-order valence-corrected chi connectivity index (χ3v) is 3.42. The van der Waals surface area contributed by atoms with Gasteiger partial charge >= 0.3 is 5.97 Å². The number of halogens is 1. The van der Waals surface area contributed by atoms with Crippen molar-refractivity contribution in [1.82, 2.24) is 5.32 Å². The Balaban J connectivity index is 2.08. The number of methoxy groups -OCH3 is 1.